The molecule has 2 saturated heterocycles. The van der Waals surface area contributed by atoms with Crippen LogP contribution in [0.2, 0.25) is 0 Å². The zero-order chi connectivity index (χ0) is 23.8. The normalized spacial score (nSPS) is 37.3. The lowest BCUT2D eigenvalue weighted by Gasteiger charge is -2.52. The quantitative estimate of drug-likeness (QED) is 0.495. The molecule has 0 amide bonds. The van der Waals surface area contributed by atoms with Crippen LogP contribution < -0.4 is 5.32 Å². The van der Waals surface area contributed by atoms with Gasteiger partial charge in [0.05, 0.1) is 6.54 Å². The second-order valence-corrected chi connectivity index (χ2v) is 10.4. The molecule has 7 atom stereocenters. The third-order valence-electron chi connectivity index (χ3n) is 8.20. The number of hydrogen-bond acceptors (Lipinski definition) is 6. The summed E-state index contributed by atoms with van der Waals surface area (Å²) in [5, 5.41) is 2.87. The molecule has 2 heterocycles. The van der Waals surface area contributed by atoms with Crippen LogP contribution in [-0.2, 0) is 23.8 Å². The molecule has 33 heavy (non-hydrogen) atoms. The predicted molar refractivity (Wildman–Crippen MR) is 126 cm³/mol. The summed E-state index contributed by atoms with van der Waals surface area (Å²) in [6, 6.07) is 9.72. The number of fused-ring (bicyclic) bond motifs is 4. The first-order valence-corrected chi connectivity index (χ1v) is 12.2. The molecule has 180 valence electrons. The van der Waals surface area contributed by atoms with Crippen molar-refractivity contribution < 1.29 is 23.8 Å². The van der Waals surface area contributed by atoms with E-state index in [1.165, 1.54) is 6.08 Å². The molecular formula is C27H37NO5. The number of esters is 2. The number of hydrogen-bond donors (Lipinski definition) is 1. The van der Waals surface area contributed by atoms with Crippen LogP contribution in [0.25, 0.3) is 6.08 Å². The fourth-order valence-corrected chi connectivity index (χ4v) is 6.48. The van der Waals surface area contributed by atoms with E-state index in [0.717, 1.165) is 18.4 Å². The molecule has 1 saturated carbocycles. The minimum atomic E-state index is -0.685. The lowest BCUT2D eigenvalue weighted by molar-refractivity contribution is -0.264. The SMILES string of the molecule is CNCC(=O)O[C@@H]1C[C@]2(C(C)C)OC1(C)[C@@H]1CC[C@@H](C)[C@H]1[C@@H]2OC(=O)/C=C/c1ccccc1. The molecule has 0 aromatic heterocycles. The van der Waals surface area contributed by atoms with Gasteiger partial charge in [0.1, 0.15) is 23.4 Å². The second kappa shape index (κ2) is 9.22. The fraction of sp³-hybridized carbons (Fsp3) is 0.630. The average Bonchev–Trinajstić information content (AvgIpc) is 3.29. The number of nitrogens with one attached hydrogen (secondary N) is 1. The van der Waals surface area contributed by atoms with E-state index in [-0.39, 0.29) is 48.4 Å². The summed E-state index contributed by atoms with van der Waals surface area (Å²) in [6.45, 7) is 8.72. The van der Waals surface area contributed by atoms with Gasteiger partial charge in [0.25, 0.3) is 0 Å². The van der Waals surface area contributed by atoms with Crippen molar-refractivity contribution in [3.05, 3.63) is 42.0 Å². The van der Waals surface area contributed by atoms with E-state index < -0.39 is 11.2 Å². The van der Waals surface area contributed by atoms with E-state index in [1.54, 1.807) is 13.1 Å². The Bertz CT molecular complexity index is 899. The van der Waals surface area contributed by atoms with Crippen LogP contribution >= 0.6 is 0 Å². The third kappa shape index (κ3) is 4.24. The molecule has 3 fully saturated rings. The zero-order valence-electron chi connectivity index (χ0n) is 20.4. The monoisotopic (exact) mass is 455 g/mol. The highest BCUT2D eigenvalue weighted by molar-refractivity contribution is 5.87. The van der Waals surface area contributed by atoms with Crippen LogP contribution in [0.3, 0.4) is 0 Å². The van der Waals surface area contributed by atoms with Gasteiger partial charge in [0.2, 0.25) is 0 Å². The molecule has 1 aromatic carbocycles. The van der Waals surface area contributed by atoms with E-state index in [2.05, 4.69) is 33.0 Å². The summed E-state index contributed by atoms with van der Waals surface area (Å²) < 4.78 is 19.1. The molecule has 4 rings (SSSR count). The molecule has 2 aliphatic heterocycles. The highest BCUT2D eigenvalue weighted by Gasteiger charge is 2.72. The van der Waals surface area contributed by atoms with Gasteiger partial charge in [-0.05, 0) is 56.2 Å². The summed E-state index contributed by atoms with van der Waals surface area (Å²) in [5.74, 6) is 0.206. The maximum absolute atomic E-state index is 13.0. The van der Waals surface area contributed by atoms with Gasteiger partial charge in [-0.2, -0.15) is 0 Å². The molecular weight excluding hydrogens is 418 g/mol. The molecule has 2 bridgehead atoms. The Hall–Kier alpha value is -2.18. The van der Waals surface area contributed by atoms with E-state index >= 15 is 0 Å². The van der Waals surface area contributed by atoms with Crippen molar-refractivity contribution in [1.82, 2.24) is 5.32 Å². The Labute approximate surface area is 197 Å². The Kier molecular flexibility index (Phi) is 6.70. The zero-order valence-corrected chi connectivity index (χ0v) is 20.4. The van der Waals surface area contributed by atoms with E-state index in [9.17, 15) is 9.59 Å². The van der Waals surface area contributed by atoms with Crippen LogP contribution in [0.5, 0.6) is 0 Å². The van der Waals surface area contributed by atoms with Crippen LogP contribution in [0.15, 0.2) is 36.4 Å². The number of likely N-dealkylation sites (N-methyl/N-ethyl adjacent to an activating group) is 1. The van der Waals surface area contributed by atoms with Crippen LogP contribution in [0.4, 0.5) is 0 Å². The lowest BCUT2D eigenvalue weighted by atomic mass is 9.69. The third-order valence-corrected chi connectivity index (χ3v) is 8.20. The number of carbonyl (C=O) groups is 2. The second-order valence-electron chi connectivity index (χ2n) is 10.4. The molecule has 1 aliphatic carbocycles. The van der Waals surface area contributed by atoms with Gasteiger partial charge in [-0.15, -0.1) is 0 Å². The van der Waals surface area contributed by atoms with Crippen molar-refractivity contribution in [3.63, 3.8) is 0 Å². The Morgan fingerprint density at radius 1 is 1.21 bits per heavy atom. The summed E-state index contributed by atoms with van der Waals surface area (Å²) in [5.41, 5.74) is -0.314. The maximum atomic E-state index is 13.0. The van der Waals surface area contributed by atoms with E-state index in [0.29, 0.717) is 12.3 Å². The first kappa shape index (κ1) is 24.0. The van der Waals surface area contributed by atoms with Crippen molar-refractivity contribution in [2.24, 2.45) is 23.7 Å². The molecule has 6 heteroatoms. The topological polar surface area (TPSA) is 73.9 Å². The van der Waals surface area contributed by atoms with E-state index in [1.807, 2.05) is 30.3 Å². The van der Waals surface area contributed by atoms with Crippen LogP contribution in [0.1, 0.15) is 52.5 Å². The summed E-state index contributed by atoms with van der Waals surface area (Å²) >= 11 is 0. The number of rotatable bonds is 7. The van der Waals surface area contributed by atoms with Gasteiger partial charge in [0.15, 0.2) is 0 Å². The first-order valence-electron chi connectivity index (χ1n) is 12.2. The van der Waals surface area contributed by atoms with Crippen molar-refractivity contribution in [2.75, 3.05) is 13.6 Å². The summed E-state index contributed by atoms with van der Waals surface area (Å²) in [4.78, 5) is 25.4. The largest absolute Gasteiger partial charge is 0.458 e. The van der Waals surface area contributed by atoms with E-state index in [4.69, 9.17) is 14.2 Å². The van der Waals surface area contributed by atoms with Crippen molar-refractivity contribution >= 4 is 18.0 Å². The van der Waals surface area contributed by atoms with Gasteiger partial charge in [-0.25, -0.2) is 4.79 Å². The Morgan fingerprint density at radius 2 is 1.94 bits per heavy atom. The average molecular weight is 456 g/mol. The van der Waals surface area contributed by atoms with Crippen LogP contribution in [0, 0.1) is 23.7 Å². The molecule has 6 nitrogen and oxygen atoms in total. The highest BCUT2D eigenvalue weighted by atomic mass is 16.6. The minimum Gasteiger partial charge on any atom is -0.458 e. The van der Waals surface area contributed by atoms with Crippen molar-refractivity contribution in [2.45, 2.75) is 70.4 Å². The standard InChI is InChI=1S/C27H37NO5/c1-17(2)27-15-21(31-23(30)16-28-5)26(4,33-27)20-13-11-18(3)24(20)25(27)32-22(29)14-12-19-9-7-6-8-10-19/h6-10,12,14,17-18,20-21,24-25,28H,11,13,15-16H2,1-5H3/b14-12+/t18-,20-,21-,24-,25+,26?,27-/m1/s1. The molecule has 3 aliphatic rings. The molecule has 1 N–H and O–H groups in total. The predicted octanol–water partition coefficient (Wildman–Crippen LogP) is 3.99. The molecule has 0 radical (unpaired) electrons. The molecule has 1 aromatic rings. The molecule has 1 unspecified atom stereocenters. The smallest absolute Gasteiger partial charge is 0.331 e. The van der Waals surface area contributed by atoms with Crippen molar-refractivity contribution in [1.29, 1.82) is 0 Å². The Morgan fingerprint density at radius 3 is 2.61 bits per heavy atom. The lowest BCUT2D eigenvalue weighted by Crippen LogP contribution is -2.62. The summed E-state index contributed by atoms with van der Waals surface area (Å²) in [7, 11) is 1.73. The number of ether oxygens (including phenoxy) is 3. The Balaban J connectivity index is 1.64. The number of carbonyl (C=O) groups excluding carboxylic acids is 2. The molecule has 0 spiro atoms. The van der Waals surface area contributed by atoms with Gasteiger partial charge in [-0.3, -0.25) is 4.79 Å². The van der Waals surface area contributed by atoms with Gasteiger partial charge in [-0.1, -0.05) is 51.1 Å². The van der Waals surface area contributed by atoms with Crippen LogP contribution in [-0.4, -0.2) is 48.9 Å². The van der Waals surface area contributed by atoms with Gasteiger partial charge >= 0.3 is 11.9 Å². The first-order chi connectivity index (χ1) is 15.7. The number of benzene rings is 1. The summed E-state index contributed by atoms with van der Waals surface area (Å²) in [6.07, 6.45) is 5.11. The highest BCUT2D eigenvalue weighted by Crippen LogP contribution is 2.63. The van der Waals surface area contributed by atoms with Gasteiger partial charge in [0, 0.05) is 18.4 Å². The minimum absolute atomic E-state index is 0.0921. The van der Waals surface area contributed by atoms with Gasteiger partial charge < -0.3 is 19.5 Å². The maximum Gasteiger partial charge on any atom is 0.331 e. The fourth-order valence-electron chi connectivity index (χ4n) is 6.48. The van der Waals surface area contributed by atoms with Crippen molar-refractivity contribution in [3.8, 4) is 0 Å².